The molecule has 0 aliphatic carbocycles. The lowest BCUT2D eigenvalue weighted by atomic mass is 10.0. The first-order valence-electron chi connectivity index (χ1n) is 12.0. The van der Waals surface area contributed by atoms with Gasteiger partial charge >= 0.3 is 0 Å². The Morgan fingerprint density at radius 2 is 1.57 bits per heavy atom. The van der Waals surface area contributed by atoms with Gasteiger partial charge < -0.3 is 9.64 Å². The van der Waals surface area contributed by atoms with E-state index >= 15 is 0 Å². The zero-order valence-corrected chi connectivity index (χ0v) is 20.0. The van der Waals surface area contributed by atoms with Crippen LogP contribution in [0.3, 0.4) is 0 Å². The van der Waals surface area contributed by atoms with E-state index in [0.29, 0.717) is 29.8 Å². The predicted molar refractivity (Wildman–Crippen MR) is 133 cm³/mol. The molecule has 0 N–H and O–H groups in total. The van der Waals surface area contributed by atoms with Gasteiger partial charge in [0, 0.05) is 31.5 Å². The van der Waals surface area contributed by atoms with E-state index in [1.165, 1.54) is 10.5 Å². The van der Waals surface area contributed by atoms with Gasteiger partial charge in [-0.2, -0.15) is 0 Å². The Labute approximate surface area is 205 Å². The number of ether oxygens (including phenoxy) is 1. The molecule has 2 aliphatic heterocycles. The van der Waals surface area contributed by atoms with Gasteiger partial charge in [-0.05, 0) is 60.9 Å². The van der Waals surface area contributed by atoms with Crippen molar-refractivity contribution in [3.63, 3.8) is 0 Å². The lowest BCUT2D eigenvalue weighted by Gasteiger charge is -2.32. The molecule has 5 rings (SSSR count). The van der Waals surface area contributed by atoms with Crippen molar-refractivity contribution in [2.45, 2.75) is 39.3 Å². The van der Waals surface area contributed by atoms with Gasteiger partial charge in [0.25, 0.3) is 17.7 Å². The highest BCUT2D eigenvalue weighted by Crippen LogP contribution is 2.26. The van der Waals surface area contributed by atoms with Crippen molar-refractivity contribution in [1.82, 2.24) is 9.80 Å². The first-order chi connectivity index (χ1) is 16.9. The molecule has 0 radical (unpaired) electrons. The number of amides is 3. The van der Waals surface area contributed by atoms with Crippen LogP contribution in [-0.4, -0.2) is 46.7 Å². The van der Waals surface area contributed by atoms with Crippen molar-refractivity contribution in [2.75, 3.05) is 13.1 Å². The van der Waals surface area contributed by atoms with Crippen LogP contribution in [0.4, 0.5) is 0 Å². The lowest BCUT2D eigenvalue weighted by Crippen LogP contribution is -2.41. The highest BCUT2D eigenvalue weighted by atomic mass is 16.5. The molecule has 0 spiro atoms. The molecular formula is C29H28N2O4. The second kappa shape index (κ2) is 9.37. The van der Waals surface area contributed by atoms with Crippen LogP contribution in [0.25, 0.3) is 0 Å². The zero-order chi connectivity index (χ0) is 24.5. The van der Waals surface area contributed by atoms with Crippen molar-refractivity contribution >= 4 is 17.7 Å². The lowest BCUT2D eigenvalue weighted by molar-refractivity contribution is 0.0593. The van der Waals surface area contributed by atoms with Crippen LogP contribution in [0.15, 0.2) is 66.7 Å². The number of likely N-dealkylation sites (tertiary alicyclic amines) is 1. The molecule has 178 valence electrons. The molecule has 3 aromatic carbocycles. The summed E-state index contributed by atoms with van der Waals surface area (Å²) >= 11 is 0. The fourth-order valence-electron chi connectivity index (χ4n) is 4.74. The van der Waals surface area contributed by atoms with E-state index in [2.05, 4.69) is 25.1 Å². The molecule has 1 fully saturated rings. The van der Waals surface area contributed by atoms with E-state index in [-0.39, 0.29) is 30.4 Å². The fourth-order valence-corrected chi connectivity index (χ4v) is 4.74. The van der Waals surface area contributed by atoms with E-state index < -0.39 is 0 Å². The largest absolute Gasteiger partial charge is 0.490 e. The quantitative estimate of drug-likeness (QED) is 0.506. The maximum atomic E-state index is 13.2. The summed E-state index contributed by atoms with van der Waals surface area (Å²) in [6.45, 7) is 5.48. The molecule has 3 amide bonds. The minimum atomic E-state index is -0.298. The third-order valence-electron chi connectivity index (χ3n) is 6.76. The SMILES string of the molecule is Cc1ccc(C)c(OC2CCN(C(=O)c3cccc(CN4C(=O)c5ccccc5C4=O)c3)CC2)c1. The van der Waals surface area contributed by atoms with Gasteiger partial charge in [0.2, 0.25) is 0 Å². The molecule has 0 unspecified atom stereocenters. The number of fused-ring (bicyclic) bond motifs is 1. The Morgan fingerprint density at radius 3 is 2.26 bits per heavy atom. The summed E-state index contributed by atoms with van der Waals surface area (Å²) in [6.07, 6.45) is 1.63. The molecule has 35 heavy (non-hydrogen) atoms. The van der Waals surface area contributed by atoms with E-state index in [4.69, 9.17) is 4.74 Å². The Bertz CT molecular complexity index is 1270. The molecule has 0 atom stereocenters. The topological polar surface area (TPSA) is 66.9 Å². The maximum absolute atomic E-state index is 13.2. The van der Waals surface area contributed by atoms with Crippen molar-refractivity contribution < 1.29 is 19.1 Å². The number of nitrogens with zero attached hydrogens (tertiary/aromatic N) is 2. The number of imide groups is 1. The first kappa shape index (κ1) is 22.8. The molecule has 1 saturated heterocycles. The number of hydrogen-bond acceptors (Lipinski definition) is 4. The molecule has 0 saturated carbocycles. The minimum Gasteiger partial charge on any atom is -0.490 e. The van der Waals surface area contributed by atoms with Crippen LogP contribution in [0.5, 0.6) is 5.75 Å². The van der Waals surface area contributed by atoms with Crippen LogP contribution < -0.4 is 4.74 Å². The van der Waals surface area contributed by atoms with Gasteiger partial charge in [-0.1, -0.05) is 36.4 Å². The molecule has 6 heteroatoms. The van der Waals surface area contributed by atoms with Gasteiger partial charge in [-0.15, -0.1) is 0 Å². The second-order valence-electron chi connectivity index (χ2n) is 9.32. The molecule has 2 heterocycles. The number of carbonyl (C=O) groups is 3. The Balaban J connectivity index is 1.22. The summed E-state index contributed by atoms with van der Waals surface area (Å²) in [5, 5.41) is 0. The van der Waals surface area contributed by atoms with Crippen LogP contribution in [0.1, 0.15) is 60.6 Å². The average molecular weight is 469 g/mol. The highest BCUT2D eigenvalue weighted by Gasteiger charge is 2.35. The summed E-state index contributed by atoms with van der Waals surface area (Å²) < 4.78 is 6.23. The smallest absolute Gasteiger partial charge is 0.261 e. The van der Waals surface area contributed by atoms with Crippen molar-refractivity contribution in [3.05, 3.63) is 100 Å². The third-order valence-corrected chi connectivity index (χ3v) is 6.76. The first-order valence-corrected chi connectivity index (χ1v) is 12.0. The third kappa shape index (κ3) is 4.56. The molecule has 6 nitrogen and oxygen atoms in total. The Kier molecular flexibility index (Phi) is 6.12. The van der Waals surface area contributed by atoms with Crippen molar-refractivity contribution in [1.29, 1.82) is 0 Å². The van der Waals surface area contributed by atoms with Gasteiger partial charge in [0.05, 0.1) is 17.7 Å². The number of aryl methyl sites for hydroxylation is 2. The average Bonchev–Trinajstić information content (AvgIpc) is 3.11. The van der Waals surface area contributed by atoms with Crippen LogP contribution in [-0.2, 0) is 6.54 Å². The summed E-state index contributed by atoms with van der Waals surface area (Å²) in [7, 11) is 0. The highest BCUT2D eigenvalue weighted by molar-refractivity contribution is 6.21. The molecular weight excluding hydrogens is 440 g/mol. The second-order valence-corrected chi connectivity index (χ2v) is 9.32. The van der Waals surface area contributed by atoms with Crippen LogP contribution >= 0.6 is 0 Å². The Morgan fingerprint density at radius 1 is 0.886 bits per heavy atom. The van der Waals surface area contributed by atoms with Crippen LogP contribution in [0, 0.1) is 13.8 Å². The summed E-state index contributed by atoms with van der Waals surface area (Å²) in [6, 6.07) is 20.3. The van der Waals surface area contributed by atoms with Crippen LogP contribution in [0.2, 0.25) is 0 Å². The number of benzene rings is 3. The molecule has 3 aromatic rings. The summed E-state index contributed by atoms with van der Waals surface area (Å²) in [4.78, 5) is 41.7. The summed E-state index contributed by atoms with van der Waals surface area (Å²) in [5.74, 6) is 0.275. The Hall–Kier alpha value is -3.93. The zero-order valence-electron chi connectivity index (χ0n) is 20.0. The number of hydrogen-bond donors (Lipinski definition) is 0. The van der Waals surface area contributed by atoms with Gasteiger partial charge in [-0.25, -0.2) is 0 Å². The number of rotatable bonds is 5. The maximum Gasteiger partial charge on any atom is 0.261 e. The standard InChI is InChI=1S/C29H28N2O4/c1-19-10-11-20(2)26(16-19)35-23-12-14-30(15-13-23)27(32)22-7-5-6-21(17-22)18-31-28(33)24-8-3-4-9-25(24)29(31)34/h3-11,16-17,23H,12-15,18H2,1-2H3. The minimum absolute atomic E-state index is 0.0422. The normalized spacial score (nSPS) is 15.9. The van der Waals surface area contributed by atoms with Crippen molar-refractivity contribution in [3.8, 4) is 5.75 Å². The monoisotopic (exact) mass is 468 g/mol. The fraction of sp³-hybridized carbons (Fsp3) is 0.276. The molecule has 2 aliphatic rings. The van der Waals surface area contributed by atoms with E-state index in [1.807, 2.05) is 17.9 Å². The van der Waals surface area contributed by atoms with Gasteiger partial charge in [-0.3, -0.25) is 19.3 Å². The number of piperidine rings is 1. The summed E-state index contributed by atoms with van der Waals surface area (Å²) in [5.41, 5.74) is 4.45. The molecule has 0 aromatic heterocycles. The number of carbonyl (C=O) groups excluding carboxylic acids is 3. The van der Waals surface area contributed by atoms with E-state index in [0.717, 1.165) is 29.7 Å². The van der Waals surface area contributed by atoms with Gasteiger partial charge in [0.1, 0.15) is 11.9 Å². The predicted octanol–water partition coefficient (Wildman–Crippen LogP) is 4.78. The van der Waals surface area contributed by atoms with E-state index in [9.17, 15) is 14.4 Å². The van der Waals surface area contributed by atoms with E-state index in [1.54, 1.807) is 42.5 Å². The van der Waals surface area contributed by atoms with Crippen molar-refractivity contribution in [2.24, 2.45) is 0 Å². The van der Waals surface area contributed by atoms with Gasteiger partial charge in [0.15, 0.2) is 0 Å². The molecule has 0 bridgehead atoms.